The minimum Gasteiger partial charge on any atom is -0.462 e. The second-order valence-electron chi connectivity index (χ2n) is 18.1. The molecule has 0 aromatic heterocycles. The molecule has 0 saturated carbocycles. The normalized spacial score (nSPS) is 13.0. The number of carbonyl (C=O) groups is 3. The van der Waals surface area contributed by atoms with Crippen molar-refractivity contribution in [1.29, 1.82) is 0 Å². The van der Waals surface area contributed by atoms with E-state index in [1.54, 1.807) is 0 Å². The molecule has 1 unspecified atom stereocenters. The largest absolute Gasteiger partial charge is 0.462 e. The molecule has 0 radical (unpaired) electrons. The molecule has 0 saturated heterocycles. The average molecular weight is 956 g/mol. The Hall–Kier alpha value is -4.19. The molecule has 6 nitrogen and oxygen atoms in total. The highest BCUT2D eigenvalue weighted by atomic mass is 16.6. The lowest BCUT2D eigenvalue weighted by atomic mass is 10.1. The van der Waals surface area contributed by atoms with Crippen LogP contribution in [0.5, 0.6) is 0 Å². The Morgan fingerprint density at radius 2 is 0.594 bits per heavy atom. The number of allylic oxidation sites excluding steroid dienone is 20. The highest BCUT2D eigenvalue weighted by molar-refractivity contribution is 5.71. The van der Waals surface area contributed by atoms with Crippen LogP contribution in [0.15, 0.2) is 122 Å². The Bertz CT molecular complexity index is 1470. The molecule has 6 heteroatoms. The van der Waals surface area contributed by atoms with Gasteiger partial charge in [-0.05, 0) is 116 Å². The van der Waals surface area contributed by atoms with Crippen molar-refractivity contribution in [2.24, 2.45) is 0 Å². The Balaban J connectivity index is 4.54. The zero-order valence-electron chi connectivity index (χ0n) is 44.5. The van der Waals surface area contributed by atoms with Crippen LogP contribution in [0.2, 0.25) is 0 Å². The van der Waals surface area contributed by atoms with E-state index in [4.69, 9.17) is 14.2 Å². The van der Waals surface area contributed by atoms with Crippen LogP contribution < -0.4 is 0 Å². The van der Waals surface area contributed by atoms with Crippen LogP contribution in [0.3, 0.4) is 0 Å². The van der Waals surface area contributed by atoms with Crippen LogP contribution in [0.4, 0.5) is 0 Å². The first-order valence-corrected chi connectivity index (χ1v) is 28.0. The van der Waals surface area contributed by atoms with Gasteiger partial charge in [-0.2, -0.15) is 0 Å². The fraction of sp³-hybridized carbons (Fsp3) is 0.635. The number of ether oxygens (including phenoxy) is 3. The minimum absolute atomic E-state index is 0.112. The molecule has 0 N–H and O–H groups in total. The quantitative estimate of drug-likeness (QED) is 0.0262. The maximum atomic E-state index is 12.8. The smallest absolute Gasteiger partial charge is 0.306 e. The average Bonchev–Trinajstić information content (AvgIpc) is 3.35. The monoisotopic (exact) mass is 955 g/mol. The Morgan fingerprint density at radius 1 is 0.304 bits per heavy atom. The second-order valence-corrected chi connectivity index (χ2v) is 18.1. The third kappa shape index (κ3) is 54.6. The number of hydrogen-bond acceptors (Lipinski definition) is 6. The Morgan fingerprint density at radius 3 is 0.986 bits per heavy atom. The SMILES string of the molecule is CC/C=C\C/C=C\C/C=C\C/C=C\C/C=C\C/C=C\CCC(=O)OCC(COC(=O)CCCCCCC/C=C\CCCCCCCC)OC(=O)CCCCCCCCC/C=C\C/C=C\C/C=C\CC. The van der Waals surface area contributed by atoms with E-state index in [-0.39, 0.29) is 37.5 Å². The van der Waals surface area contributed by atoms with Crippen molar-refractivity contribution in [3.05, 3.63) is 122 Å². The lowest BCUT2D eigenvalue weighted by molar-refractivity contribution is -0.166. The van der Waals surface area contributed by atoms with Gasteiger partial charge < -0.3 is 14.2 Å². The summed E-state index contributed by atoms with van der Waals surface area (Å²) in [4.78, 5) is 38.1. The number of hydrogen-bond donors (Lipinski definition) is 0. The van der Waals surface area contributed by atoms with E-state index in [0.29, 0.717) is 19.3 Å². The molecular formula is C63H102O6. The van der Waals surface area contributed by atoms with Crippen LogP contribution in [0.1, 0.15) is 239 Å². The Kier molecular flexibility index (Phi) is 53.0. The molecule has 390 valence electrons. The van der Waals surface area contributed by atoms with E-state index in [1.807, 2.05) is 6.08 Å². The van der Waals surface area contributed by atoms with E-state index < -0.39 is 6.10 Å². The number of carbonyl (C=O) groups excluding carboxylic acids is 3. The fourth-order valence-electron chi connectivity index (χ4n) is 7.30. The first kappa shape index (κ1) is 64.8. The highest BCUT2D eigenvalue weighted by Crippen LogP contribution is 2.14. The lowest BCUT2D eigenvalue weighted by Crippen LogP contribution is -2.30. The van der Waals surface area contributed by atoms with Gasteiger partial charge in [-0.3, -0.25) is 14.4 Å². The summed E-state index contributed by atoms with van der Waals surface area (Å²) >= 11 is 0. The molecule has 0 aliphatic carbocycles. The molecule has 0 bridgehead atoms. The summed E-state index contributed by atoms with van der Waals surface area (Å²) in [5.74, 6) is -1.02. The van der Waals surface area contributed by atoms with Gasteiger partial charge in [-0.25, -0.2) is 0 Å². The minimum atomic E-state index is -0.821. The topological polar surface area (TPSA) is 78.9 Å². The summed E-state index contributed by atoms with van der Waals surface area (Å²) in [7, 11) is 0. The van der Waals surface area contributed by atoms with Gasteiger partial charge in [0.15, 0.2) is 6.10 Å². The molecular weight excluding hydrogens is 853 g/mol. The van der Waals surface area contributed by atoms with Gasteiger partial charge in [0.05, 0.1) is 0 Å². The summed E-state index contributed by atoms with van der Waals surface area (Å²) in [5, 5.41) is 0. The third-order valence-corrected chi connectivity index (χ3v) is 11.4. The van der Waals surface area contributed by atoms with Gasteiger partial charge in [0.2, 0.25) is 0 Å². The summed E-state index contributed by atoms with van der Waals surface area (Å²) in [6.07, 6.45) is 77.7. The summed E-state index contributed by atoms with van der Waals surface area (Å²) in [6.45, 7) is 6.32. The van der Waals surface area contributed by atoms with E-state index in [9.17, 15) is 14.4 Å². The first-order valence-electron chi connectivity index (χ1n) is 28.0. The molecule has 0 aliphatic heterocycles. The zero-order chi connectivity index (χ0) is 50.0. The second kappa shape index (κ2) is 56.4. The maximum absolute atomic E-state index is 12.8. The van der Waals surface area contributed by atoms with Crippen molar-refractivity contribution in [1.82, 2.24) is 0 Å². The van der Waals surface area contributed by atoms with Gasteiger partial charge in [-0.1, -0.05) is 226 Å². The molecule has 0 heterocycles. The molecule has 0 rings (SSSR count). The van der Waals surface area contributed by atoms with Gasteiger partial charge >= 0.3 is 17.9 Å². The van der Waals surface area contributed by atoms with Gasteiger partial charge in [0.1, 0.15) is 13.2 Å². The van der Waals surface area contributed by atoms with Crippen LogP contribution in [-0.4, -0.2) is 37.2 Å². The van der Waals surface area contributed by atoms with Crippen LogP contribution in [0, 0.1) is 0 Å². The summed E-state index contributed by atoms with van der Waals surface area (Å²) in [5.41, 5.74) is 0. The zero-order valence-corrected chi connectivity index (χ0v) is 44.5. The summed E-state index contributed by atoms with van der Waals surface area (Å²) < 4.78 is 16.8. The van der Waals surface area contributed by atoms with E-state index in [2.05, 4.69) is 136 Å². The fourth-order valence-corrected chi connectivity index (χ4v) is 7.30. The molecule has 0 amide bonds. The van der Waals surface area contributed by atoms with Crippen molar-refractivity contribution in [2.45, 2.75) is 245 Å². The Labute approximate surface area is 424 Å². The molecule has 0 aromatic carbocycles. The predicted octanol–water partition coefficient (Wildman–Crippen LogP) is 18.9. The number of esters is 3. The maximum Gasteiger partial charge on any atom is 0.306 e. The van der Waals surface area contributed by atoms with E-state index in [1.165, 1.54) is 70.6 Å². The summed E-state index contributed by atoms with van der Waals surface area (Å²) in [6, 6.07) is 0. The molecule has 69 heavy (non-hydrogen) atoms. The van der Waals surface area contributed by atoms with Gasteiger partial charge in [-0.15, -0.1) is 0 Å². The molecule has 1 atom stereocenters. The van der Waals surface area contributed by atoms with E-state index in [0.717, 1.165) is 122 Å². The van der Waals surface area contributed by atoms with Gasteiger partial charge in [0.25, 0.3) is 0 Å². The highest BCUT2D eigenvalue weighted by Gasteiger charge is 2.19. The van der Waals surface area contributed by atoms with Crippen LogP contribution >= 0.6 is 0 Å². The lowest BCUT2D eigenvalue weighted by Gasteiger charge is -2.18. The van der Waals surface area contributed by atoms with Crippen molar-refractivity contribution < 1.29 is 28.6 Å². The van der Waals surface area contributed by atoms with Crippen molar-refractivity contribution in [3.63, 3.8) is 0 Å². The first-order chi connectivity index (χ1) is 34.0. The standard InChI is InChI=1S/C63H102O6/c1-4-7-10-13-16-19-22-25-28-30-31-33-35-38-41-44-47-50-53-56-62(65)68-59-60(58-67-61(64)55-52-49-46-43-40-37-34-27-24-21-18-15-12-9-6-3)69-63(66)57-54-51-48-45-42-39-36-32-29-26-23-20-17-14-11-8-5-2/h7-8,10-11,16-17,19-20,25-29,31,33-34,38,41,47,50,60H,4-6,9,12-15,18,21-24,30,32,35-37,39-40,42-46,48-49,51-59H2,1-3H3/b10-7-,11-8-,19-16-,20-17-,28-25-,29-26-,33-31-,34-27-,41-38-,50-47-. The van der Waals surface area contributed by atoms with Gasteiger partial charge in [0, 0.05) is 19.3 Å². The molecule has 0 aromatic rings. The number of unbranched alkanes of at least 4 members (excludes halogenated alkanes) is 18. The molecule has 0 aliphatic rings. The van der Waals surface area contributed by atoms with Crippen LogP contribution in [0.25, 0.3) is 0 Å². The number of rotatable bonds is 49. The molecule has 0 fully saturated rings. The van der Waals surface area contributed by atoms with E-state index >= 15 is 0 Å². The van der Waals surface area contributed by atoms with Crippen LogP contribution in [-0.2, 0) is 28.6 Å². The van der Waals surface area contributed by atoms with Crippen molar-refractivity contribution in [3.8, 4) is 0 Å². The predicted molar refractivity (Wildman–Crippen MR) is 297 cm³/mol. The third-order valence-electron chi connectivity index (χ3n) is 11.4. The van der Waals surface area contributed by atoms with Crippen molar-refractivity contribution >= 4 is 17.9 Å². The van der Waals surface area contributed by atoms with Crippen molar-refractivity contribution in [2.75, 3.05) is 13.2 Å². The molecule has 0 spiro atoms.